The molecule has 0 bridgehead atoms. The van der Waals surface area contributed by atoms with Crippen LogP contribution in [0.5, 0.6) is 0 Å². The van der Waals surface area contributed by atoms with Gasteiger partial charge in [-0.15, -0.1) is 0 Å². The Hall–Kier alpha value is -1.42. The molecule has 96 valence electrons. The normalized spacial score (nSPS) is 25.4. The van der Waals surface area contributed by atoms with Gasteiger partial charge in [0.25, 0.3) is 5.91 Å². The number of piperidine rings is 1. The molecule has 4 nitrogen and oxygen atoms in total. The van der Waals surface area contributed by atoms with Gasteiger partial charge >= 0.3 is 0 Å². The smallest absolute Gasteiger partial charge is 0.251 e. The van der Waals surface area contributed by atoms with Crippen molar-refractivity contribution in [3.63, 3.8) is 0 Å². The number of hydrogen-bond donors (Lipinski definition) is 2. The Morgan fingerprint density at radius 3 is 2.83 bits per heavy atom. The molecule has 2 N–H and O–H groups in total. The zero-order chi connectivity index (χ0) is 12.4. The second kappa shape index (κ2) is 4.69. The minimum Gasteiger partial charge on any atom is -0.349 e. The van der Waals surface area contributed by atoms with E-state index in [4.69, 9.17) is 0 Å². The Bertz CT molecular complexity index is 428. The highest BCUT2D eigenvalue weighted by molar-refractivity contribution is 5.94. The van der Waals surface area contributed by atoms with Crippen LogP contribution in [0.25, 0.3) is 0 Å². The molecule has 18 heavy (non-hydrogen) atoms. The van der Waals surface area contributed by atoms with E-state index in [0.29, 0.717) is 17.1 Å². The summed E-state index contributed by atoms with van der Waals surface area (Å²) in [5, 5.41) is 6.77. The van der Waals surface area contributed by atoms with Crippen LogP contribution in [-0.4, -0.2) is 29.0 Å². The summed E-state index contributed by atoms with van der Waals surface area (Å²) < 4.78 is 0. The van der Waals surface area contributed by atoms with Gasteiger partial charge in [0, 0.05) is 29.5 Å². The van der Waals surface area contributed by atoms with Crippen molar-refractivity contribution in [2.75, 3.05) is 6.54 Å². The van der Waals surface area contributed by atoms with Crippen LogP contribution in [0.3, 0.4) is 0 Å². The van der Waals surface area contributed by atoms with Gasteiger partial charge in [-0.25, -0.2) is 0 Å². The van der Waals surface area contributed by atoms with Crippen LogP contribution in [0.15, 0.2) is 24.5 Å². The Kier molecular flexibility index (Phi) is 3.04. The average Bonchev–Trinajstić information content (AvgIpc) is 2.38. The summed E-state index contributed by atoms with van der Waals surface area (Å²) in [4.78, 5) is 16.0. The largest absolute Gasteiger partial charge is 0.349 e. The van der Waals surface area contributed by atoms with Crippen LogP contribution < -0.4 is 10.6 Å². The molecule has 1 spiro atoms. The summed E-state index contributed by atoms with van der Waals surface area (Å²) in [6, 6.07) is 3.83. The second-order valence-corrected chi connectivity index (χ2v) is 5.46. The van der Waals surface area contributed by atoms with Gasteiger partial charge in [-0.3, -0.25) is 9.78 Å². The summed E-state index contributed by atoms with van der Waals surface area (Å²) in [5.41, 5.74) is 1.03. The van der Waals surface area contributed by atoms with Gasteiger partial charge in [0.15, 0.2) is 0 Å². The van der Waals surface area contributed by atoms with Crippen molar-refractivity contribution in [3.8, 4) is 0 Å². The van der Waals surface area contributed by atoms with Crippen LogP contribution in [-0.2, 0) is 0 Å². The molecule has 1 aromatic rings. The minimum absolute atomic E-state index is 0.0266. The molecule has 1 amide bonds. The van der Waals surface area contributed by atoms with Crippen LogP contribution in [0.4, 0.5) is 0 Å². The van der Waals surface area contributed by atoms with Gasteiger partial charge in [-0.1, -0.05) is 0 Å². The quantitative estimate of drug-likeness (QED) is 0.830. The molecule has 0 radical (unpaired) electrons. The number of nitrogens with zero attached hydrogens (tertiary/aromatic N) is 1. The zero-order valence-electron chi connectivity index (χ0n) is 10.5. The van der Waals surface area contributed by atoms with Gasteiger partial charge in [-0.2, -0.15) is 0 Å². The number of carbonyl (C=O) groups is 1. The Morgan fingerprint density at radius 2 is 2.17 bits per heavy atom. The fraction of sp³-hybridized carbons (Fsp3) is 0.571. The molecule has 0 aromatic carbocycles. The van der Waals surface area contributed by atoms with Crippen molar-refractivity contribution >= 4 is 5.91 Å². The maximum Gasteiger partial charge on any atom is 0.251 e. The van der Waals surface area contributed by atoms with Crippen molar-refractivity contribution in [2.45, 2.75) is 43.7 Å². The first-order valence-electron chi connectivity index (χ1n) is 6.73. The summed E-state index contributed by atoms with van der Waals surface area (Å²) in [6.45, 7) is 1.02. The van der Waals surface area contributed by atoms with Crippen LogP contribution in [0, 0.1) is 0 Å². The third kappa shape index (κ3) is 2.25. The van der Waals surface area contributed by atoms with Crippen LogP contribution >= 0.6 is 0 Å². The van der Waals surface area contributed by atoms with E-state index in [1.807, 2.05) is 0 Å². The minimum atomic E-state index is 0.0266. The lowest BCUT2D eigenvalue weighted by Crippen LogP contribution is -2.59. The van der Waals surface area contributed by atoms with E-state index >= 15 is 0 Å². The molecular weight excluding hydrogens is 226 g/mol. The molecule has 1 aliphatic heterocycles. The standard InChI is InChI=1S/C14H19N3O/c18-13(11-2-7-15-8-3-11)17-12-4-9-16-14(10-12)5-1-6-14/h2-3,7-8,12,16H,1,4-6,9-10H2,(H,17,18). The van der Waals surface area contributed by atoms with Gasteiger partial charge in [0.05, 0.1) is 0 Å². The molecule has 1 aromatic heterocycles. The molecule has 1 atom stereocenters. The van der Waals surface area contributed by atoms with Crippen molar-refractivity contribution in [2.24, 2.45) is 0 Å². The zero-order valence-corrected chi connectivity index (χ0v) is 10.5. The summed E-state index contributed by atoms with van der Waals surface area (Å²) in [6.07, 6.45) is 9.25. The average molecular weight is 245 g/mol. The first kappa shape index (κ1) is 11.7. The van der Waals surface area contributed by atoms with E-state index in [9.17, 15) is 4.79 Å². The first-order valence-corrected chi connectivity index (χ1v) is 6.73. The Balaban J connectivity index is 1.61. The van der Waals surface area contributed by atoms with Crippen molar-refractivity contribution in [1.29, 1.82) is 0 Å². The topological polar surface area (TPSA) is 54.0 Å². The first-order chi connectivity index (χ1) is 8.77. The molecule has 3 rings (SSSR count). The fourth-order valence-electron chi connectivity index (χ4n) is 3.04. The number of pyridine rings is 1. The Labute approximate surface area is 107 Å². The maximum absolute atomic E-state index is 12.1. The van der Waals surface area contributed by atoms with Crippen molar-refractivity contribution < 1.29 is 4.79 Å². The predicted octanol–water partition coefficient (Wildman–Crippen LogP) is 1.49. The van der Waals surface area contributed by atoms with Crippen molar-refractivity contribution in [3.05, 3.63) is 30.1 Å². The summed E-state index contributed by atoms with van der Waals surface area (Å²) in [7, 11) is 0. The van der Waals surface area contributed by atoms with Crippen molar-refractivity contribution in [1.82, 2.24) is 15.6 Å². The maximum atomic E-state index is 12.1. The lowest BCUT2D eigenvalue weighted by Gasteiger charge is -2.48. The van der Waals surface area contributed by atoms with E-state index in [2.05, 4.69) is 15.6 Å². The molecule has 1 saturated carbocycles. The molecule has 1 aliphatic carbocycles. The van der Waals surface area contributed by atoms with Crippen LogP contribution in [0.2, 0.25) is 0 Å². The monoisotopic (exact) mass is 245 g/mol. The highest BCUT2D eigenvalue weighted by Gasteiger charge is 2.41. The molecule has 2 aliphatic rings. The molecule has 2 heterocycles. The molecule has 1 unspecified atom stereocenters. The van der Waals surface area contributed by atoms with E-state index in [-0.39, 0.29) is 5.91 Å². The number of hydrogen-bond acceptors (Lipinski definition) is 3. The molecule has 2 fully saturated rings. The SMILES string of the molecule is O=C(NC1CCNC2(CCC2)C1)c1ccncc1. The number of aromatic nitrogens is 1. The highest BCUT2D eigenvalue weighted by atomic mass is 16.1. The number of amides is 1. The molecule has 4 heteroatoms. The van der Waals surface area contributed by atoms with Gasteiger partial charge < -0.3 is 10.6 Å². The number of carbonyl (C=O) groups excluding carboxylic acids is 1. The van der Waals surface area contributed by atoms with Gasteiger partial charge in [0.2, 0.25) is 0 Å². The third-order valence-electron chi connectivity index (χ3n) is 4.22. The predicted molar refractivity (Wildman–Crippen MR) is 69.3 cm³/mol. The van der Waals surface area contributed by atoms with E-state index in [1.165, 1.54) is 19.3 Å². The van der Waals surface area contributed by atoms with Gasteiger partial charge in [0.1, 0.15) is 0 Å². The van der Waals surface area contributed by atoms with E-state index in [1.54, 1.807) is 24.5 Å². The lowest BCUT2D eigenvalue weighted by molar-refractivity contribution is 0.0853. The van der Waals surface area contributed by atoms with E-state index < -0.39 is 0 Å². The van der Waals surface area contributed by atoms with E-state index in [0.717, 1.165) is 19.4 Å². The molecule has 1 saturated heterocycles. The lowest BCUT2D eigenvalue weighted by atomic mass is 9.70. The number of rotatable bonds is 2. The number of nitrogens with one attached hydrogen (secondary N) is 2. The molecular formula is C14H19N3O. The second-order valence-electron chi connectivity index (χ2n) is 5.46. The van der Waals surface area contributed by atoms with Crippen LogP contribution in [0.1, 0.15) is 42.5 Å². The fourth-order valence-corrected chi connectivity index (χ4v) is 3.04. The Morgan fingerprint density at radius 1 is 1.39 bits per heavy atom. The summed E-state index contributed by atoms with van der Waals surface area (Å²) in [5.74, 6) is 0.0266. The third-order valence-corrected chi connectivity index (χ3v) is 4.22. The summed E-state index contributed by atoms with van der Waals surface area (Å²) >= 11 is 0. The highest BCUT2D eigenvalue weighted by Crippen LogP contribution is 2.38. The van der Waals surface area contributed by atoms with Gasteiger partial charge in [-0.05, 0) is 50.8 Å².